The first-order chi connectivity index (χ1) is 21.2. The fourth-order valence-corrected chi connectivity index (χ4v) is 5.38. The van der Waals surface area contributed by atoms with Crippen LogP contribution in [0.5, 0.6) is 6.01 Å². The minimum Gasteiger partial charge on any atom is -0.467 e. The van der Waals surface area contributed by atoms with Crippen molar-refractivity contribution in [3.63, 3.8) is 0 Å². The molecule has 14 heteroatoms. The summed E-state index contributed by atoms with van der Waals surface area (Å²) >= 11 is 6.55. The van der Waals surface area contributed by atoms with Crippen molar-refractivity contribution in [2.45, 2.75) is 19.4 Å². The van der Waals surface area contributed by atoms with Gasteiger partial charge < -0.3 is 25.7 Å². The average Bonchev–Trinajstić information content (AvgIpc) is 3.03. The monoisotopic (exact) mass is 617 g/mol. The van der Waals surface area contributed by atoms with E-state index in [9.17, 15) is 14.4 Å². The number of pyridine rings is 2. The number of carbonyl (C=O) groups excluding carboxylic acids is 1. The molecule has 5 rings (SSSR count). The van der Waals surface area contributed by atoms with Crippen LogP contribution in [0.25, 0.3) is 28.2 Å². The number of aromatic nitrogens is 4. The van der Waals surface area contributed by atoms with Crippen LogP contribution in [-0.4, -0.2) is 69.7 Å². The van der Waals surface area contributed by atoms with E-state index in [1.54, 1.807) is 36.1 Å². The Morgan fingerprint density at radius 3 is 2.80 bits per heavy atom. The number of piperazine rings is 1. The summed E-state index contributed by atoms with van der Waals surface area (Å²) in [5.74, 6) is -2.45. The summed E-state index contributed by atoms with van der Waals surface area (Å²) in [7, 11) is 1.34. The molecular formula is C30H26ClF2N9O2. The first-order valence-corrected chi connectivity index (χ1v) is 13.8. The maximum Gasteiger partial charge on any atom is 0.318 e. The number of halogens is 3. The van der Waals surface area contributed by atoms with Crippen molar-refractivity contribution < 1.29 is 18.3 Å². The number of hydrogen-bond donors (Lipinski definition) is 2. The SMILES string of the molecule is COc1nc(N2CCN(C(=O)/C(F)=C/c3ccccn3)C(CC#N)C2)c2cnc(-c3c(Cl)c(C)cc(N)c3C=N)c(F)c2n1. The number of amides is 1. The first-order valence-electron chi connectivity index (χ1n) is 13.4. The van der Waals surface area contributed by atoms with Gasteiger partial charge in [-0.1, -0.05) is 17.7 Å². The zero-order valence-electron chi connectivity index (χ0n) is 23.7. The minimum atomic E-state index is -1.01. The van der Waals surface area contributed by atoms with Gasteiger partial charge in [-0.2, -0.15) is 15.2 Å². The fourth-order valence-electron chi connectivity index (χ4n) is 5.13. The summed E-state index contributed by atoms with van der Waals surface area (Å²) in [6.07, 6.45) is 4.81. The van der Waals surface area contributed by atoms with Gasteiger partial charge in [-0.25, -0.2) is 8.78 Å². The normalized spacial score (nSPS) is 15.3. The molecule has 0 spiro atoms. The highest BCUT2D eigenvalue weighted by atomic mass is 35.5. The molecule has 4 aromatic rings. The van der Waals surface area contributed by atoms with Crippen LogP contribution >= 0.6 is 11.6 Å². The Kier molecular flexibility index (Phi) is 8.64. The molecule has 1 aliphatic heterocycles. The number of nitrogens with zero attached hydrogens (tertiary/aromatic N) is 7. The van der Waals surface area contributed by atoms with Crippen LogP contribution in [0.15, 0.2) is 42.5 Å². The number of anilines is 2. The number of benzene rings is 1. The van der Waals surface area contributed by atoms with Crippen LogP contribution in [-0.2, 0) is 4.79 Å². The predicted molar refractivity (Wildman–Crippen MR) is 163 cm³/mol. The molecule has 1 fully saturated rings. The van der Waals surface area contributed by atoms with Gasteiger partial charge in [-0.15, -0.1) is 0 Å². The molecule has 0 radical (unpaired) electrons. The number of nitrogen functional groups attached to an aromatic ring is 1. The first kappa shape index (κ1) is 30.2. The molecule has 1 aromatic carbocycles. The topological polar surface area (TPSA) is 158 Å². The Balaban J connectivity index is 1.54. The predicted octanol–water partition coefficient (Wildman–Crippen LogP) is 4.72. The number of hydrogen-bond acceptors (Lipinski definition) is 10. The van der Waals surface area contributed by atoms with Crippen molar-refractivity contribution in [2.75, 3.05) is 37.4 Å². The number of nitrogens with two attached hydrogens (primary N) is 1. The van der Waals surface area contributed by atoms with Crippen molar-refractivity contribution in [3.8, 4) is 23.3 Å². The lowest BCUT2D eigenvalue weighted by atomic mass is 9.98. The third kappa shape index (κ3) is 5.59. The summed E-state index contributed by atoms with van der Waals surface area (Å²) in [4.78, 5) is 33.2. The van der Waals surface area contributed by atoms with Crippen LogP contribution in [0.2, 0.25) is 5.02 Å². The second kappa shape index (κ2) is 12.6. The highest BCUT2D eigenvalue weighted by molar-refractivity contribution is 6.35. The Bertz CT molecular complexity index is 1850. The van der Waals surface area contributed by atoms with Gasteiger partial charge in [0.2, 0.25) is 0 Å². The number of fused-ring (bicyclic) bond motifs is 1. The van der Waals surface area contributed by atoms with Crippen molar-refractivity contribution >= 4 is 52.2 Å². The van der Waals surface area contributed by atoms with E-state index < -0.39 is 23.6 Å². The molecule has 0 aliphatic carbocycles. The third-order valence-electron chi connectivity index (χ3n) is 7.26. The van der Waals surface area contributed by atoms with Crippen LogP contribution in [0.3, 0.4) is 0 Å². The summed E-state index contributed by atoms with van der Waals surface area (Å²) in [6.45, 7) is 2.03. The molecule has 0 bridgehead atoms. The minimum absolute atomic E-state index is 0.0529. The Morgan fingerprint density at radius 2 is 2.11 bits per heavy atom. The molecule has 44 heavy (non-hydrogen) atoms. The molecule has 1 aliphatic rings. The van der Waals surface area contributed by atoms with Gasteiger partial charge >= 0.3 is 6.01 Å². The molecular weight excluding hydrogens is 592 g/mol. The van der Waals surface area contributed by atoms with E-state index >= 15 is 4.39 Å². The molecule has 0 saturated carbocycles. The van der Waals surface area contributed by atoms with Gasteiger partial charge in [0.15, 0.2) is 11.6 Å². The van der Waals surface area contributed by atoms with Crippen molar-refractivity contribution in [1.82, 2.24) is 24.8 Å². The lowest BCUT2D eigenvalue weighted by molar-refractivity contribution is -0.131. The molecule has 224 valence electrons. The molecule has 1 unspecified atom stereocenters. The fraction of sp³-hybridized carbons (Fsp3) is 0.233. The average molecular weight is 618 g/mol. The Labute approximate surface area is 256 Å². The summed E-state index contributed by atoms with van der Waals surface area (Å²) < 4.78 is 36.5. The van der Waals surface area contributed by atoms with Gasteiger partial charge in [0.05, 0.1) is 41.7 Å². The second-order valence-corrected chi connectivity index (χ2v) is 10.3. The van der Waals surface area contributed by atoms with Gasteiger partial charge in [0.25, 0.3) is 5.91 Å². The summed E-state index contributed by atoms with van der Waals surface area (Å²) in [5.41, 5.74) is 7.28. The smallest absolute Gasteiger partial charge is 0.318 e. The van der Waals surface area contributed by atoms with E-state index in [4.69, 9.17) is 27.5 Å². The maximum atomic E-state index is 16.3. The zero-order chi connectivity index (χ0) is 31.5. The summed E-state index contributed by atoms with van der Waals surface area (Å²) in [6, 6.07) is 7.73. The van der Waals surface area contributed by atoms with E-state index in [2.05, 4.69) is 26.0 Å². The van der Waals surface area contributed by atoms with Crippen molar-refractivity contribution in [1.29, 1.82) is 10.7 Å². The van der Waals surface area contributed by atoms with Crippen molar-refractivity contribution in [2.24, 2.45) is 0 Å². The van der Waals surface area contributed by atoms with E-state index in [0.717, 1.165) is 12.3 Å². The highest BCUT2D eigenvalue weighted by Crippen LogP contribution is 2.39. The number of ether oxygens (including phenoxy) is 1. The molecule has 3 N–H and O–H groups in total. The van der Waals surface area contributed by atoms with Crippen LogP contribution in [0, 0.1) is 29.5 Å². The van der Waals surface area contributed by atoms with E-state index in [0.29, 0.717) is 5.56 Å². The van der Waals surface area contributed by atoms with Gasteiger partial charge in [-0.3, -0.25) is 14.8 Å². The lowest BCUT2D eigenvalue weighted by Gasteiger charge is -2.41. The summed E-state index contributed by atoms with van der Waals surface area (Å²) in [5, 5.41) is 17.8. The molecule has 1 atom stereocenters. The zero-order valence-corrected chi connectivity index (χ0v) is 24.4. The quantitative estimate of drug-likeness (QED) is 0.170. The van der Waals surface area contributed by atoms with Crippen LogP contribution < -0.4 is 15.4 Å². The highest BCUT2D eigenvalue weighted by Gasteiger charge is 2.34. The molecule has 4 heterocycles. The number of methoxy groups -OCH3 is 1. The van der Waals surface area contributed by atoms with Crippen molar-refractivity contribution in [3.05, 3.63) is 70.1 Å². The number of carbonyl (C=O) groups is 1. The van der Waals surface area contributed by atoms with Crippen LogP contribution in [0.1, 0.15) is 23.2 Å². The molecule has 3 aromatic heterocycles. The number of nitriles is 1. The molecule has 11 nitrogen and oxygen atoms in total. The van der Waals surface area contributed by atoms with Gasteiger partial charge in [-0.05, 0) is 30.7 Å². The van der Waals surface area contributed by atoms with Crippen LogP contribution in [0.4, 0.5) is 20.3 Å². The molecule has 1 saturated heterocycles. The maximum absolute atomic E-state index is 16.3. The number of rotatable bonds is 7. The standard InChI is InChI=1S/C30H26ClF2N9O2/c1-16-11-22(36)19(13-35)23(24(16)31)27-25(33)26-20(14-38-27)28(40-30(39-26)44-2)41-9-10-42(18(15-41)6-7-34)29(43)21(32)12-17-5-3-4-8-37-17/h3-5,8,11-14,18,35H,6,9-10,15,36H2,1-2H3/b21-12-,35-13?. The lowest BCUT2D eigenvalue weighted by Crippen LogP contribution is -2.55. The van der Waals surface area contributed by atoms with E-state index in [1.165, 1.54) is 24.4 Å². The number of aryl methyl sites for hydroxylation is 1. The van der Waals surface area contributed by atoms with E-state index in [1.807, 2.05) is 0 Å². The largest absolute Gasteiger partial charge is 0.467 e. The van der Waals surface area contributed by atoms with Gasteiger partial charge in [0, 0.05) is 61.1 Å². The third-order valence-corrected chi connectivity index (χ3v) is 7.75. The number of nitrogens with one attached hydrogen (secondary N) is 1. The van der Waals surface area contributed by atoms with E-state index in [-0.39, 0.29) is 82.0 Å². The second-order valence-electron chi connectivity index (χ2n) is 9.95. The Morgan fingerprint density at radius 1 is 1.32 bits per heavy atom. The molecule has 1 amide bonds. The Hall–Kier alpha value is -5.22. The van der Waals surface area contributed by atoms with Gasteiger partial charge in [0.1, 0.15) is 17.0 Å².